The quantitative estimate of drug-likeness (QED) is 0.601. The number of ether oxygens (including phenoxy) is 2. The van der Waals surface area contributed by atoms with Crippen molar-refractivity contribution in [1.82, 2.24) is 0 Å². The molecule has 112 valence electrons. The number of rotatable bonds is 2. The number of hydrogen-bond donors (Lipinski definition) is 0. The number of halogens is 1. The summed E-state index contributed by atoms with van der Waals surface area (Å²) in [6.45, 7) is 1.40. The van der Waals surface area contributed by atoms with Crippen molar-refractivity contribution < 1.29 is 14.3 Å². The first-order chi connectivity index (χ1) is 10.7. The van der Waals surface area contributed by atoms with Gasteiger partial charge in [0.05, 0.1) is 17.5 Å². The lowest BCUT2D eigenvalue weighted by atomic mass is 9.12. The van der Waals surface area contributed by atoms with E-state index >= 15 is 0 Å². The molecule has 0 N–H and O–H groups in total. The highest BCUT2D eigenvalue weighted by Crippen LogP contribution is 3.05. The van der Waals surface area contributed by atoms with Gasteiger partial charge in [-0.3, -0.25) is 4.79 Å². The minimum absolute atomic E-state index is 0.0138. The van der Waals surface area contributed by atoms with Crippen LogP contribution >= 0.6 is 15.9 Å². The Balaban J connectivity index is 1.36. The Morgan fingerprint density at radius 2 is 1.55 bits per heavy atom. The molecule has 0 aromatic heterocycles. The predicted octanol–water partition coefficient (Wildman–Crippen LogP) is 2.50. The summed E-state index contributed by atoms with van der Waals surface area (Å²) < 4.78 is 12.3. The van der Waals surface area contributed by atoms with Crippen molar-refractivity contribution in [2.24, 2.45) is 40.9 Å². The smallest absolute Gasteiger partial charge is 0.187 e. The molecule has 4 unspecified atom stereocenters. The number of benzene rings is 1. The first-order valence-electron chi connectivity index (χ1n) is 8.27. The molecule has 3 nitrogen and oxygen atoms in total. The summed E-state index contributed by atoms with van der Waals surface area (Å²) in [6.07, 6.45) is 0. The maximum atomic E-state index is 13.2. The van der Waals surface area contributed by atoms with Crippen LogP contribution in [-0.2, 0) is 9.47 Å². The van der Waals surface area contributed by atoms with E-state index < -0.39 is 5.79 Å². The van der Waals surface area contributed by atoms with E-state index in [0.29, 0.717) is 54.5 Å². The summed E-state index contributed by atoms with van der Waals surface area (Å²) in [5.74, 6) is 3.17. The Kier molecular flexibility index (Phi) is 1.60. The van der Waals surface area contributed by atoms with Crippen LogP contribution in [0.5, 0.6) is 0 Å². The van der Waals surface area contributed by atoms with Crippen molar-refractivity contribution in [1.29, 1.82) is 0 Å². The van der Waals surface area contributed by atoms with Gasteiger partial charge in [-0.2, -0.15) is 0 Å². The summed E-state index contributed by atoms with van der Waals surface area (Å²) in [4.78, 5) is 13.2. The van der Waals surface area contributed by atoms with E-state index in [4.69, 9.17) is 9.47 Å². The number of hydrogen-bond acceptors (Lipinski definition) is 3. The molecular formula is C18H15BrO3. The molecule has 0 amide bonds. The molecule has 8 atom stereocenters. The van der Waals surface area contributed by atoms with E-state index in [1.807, 2.05) is 30.3 Å². The molecule has 4 heteroatoms. The average Bonchev–Trinajstić information content (AvgIpc) is 3.07. The van der Waals surface area contributed by atoms with E-state index in [1.165, 1.54) is 0 Å². The van der Waals surface area contributed by atoms with Crippen LogP contribution < -0.4 is 0 Å². The van der Waals surface area contributed by atoms with Crippen molar-refractivity contribution >= 4 is 21.7 Å². The predicted molar refractivity (Wildman–Crippen MR) is 80.4 cm³/mol. The minimum Gasteiger partial charge on any atom is -0.346 e. The van der Waals surface area contributed by atoms with E-state index in [1.54, 1.807) is 0 Å². The molecule has 2 bridgehead atoms. The van der Waals surface area contributed by atoms with Gasteiger partial charge in [0.2, 0.25) is 0 Å². The van der Waals surface area contributed by atoms with Crippen molar-refractivity contribution in [3.8, 4) is 0 Å². The standard InChI is InChI=1S/C18H15BrO3/c19-17-12-9-13(17)11-14(18(17)21-6-7-22-18)10(12)16(9,11)15(20)8-4-2-1-3-5-8/h1-5,9-14H,6-7H2/t9?,10-,11+,12+,13-,14?,16?,17?. The molecule has 1 aliphatic heterocycles. The number of ketones is 1. The van der Waals surface area contributed by atoms with E-state index in [9.17, 15) is 4.79 Å². The molecule has 0 radical (unpaired) electrons. The fourth-order valence-corrected chi connectivity index (χ4v) is 9.54. The SMILES string of the molecule is O=C(c1ccccc1)C12C3[C@@H]4[C@H]1C1[C@H]2[C@H]3C4(Br)C12OCCO2. The molecule has 7 fully saturated rings. The van der Waals surface area contributed by atoms with Crippen LogP contribution in [0.25, 0.3) is 0 Å². The zero-order chi connectivity index (χ0) is 14.5. The summed E-state index contributed by atoms with van der Waals surface area (Å²) >= 11 is 4.04. The van der Waals surface area contributed by atoms with E-state index in [0.717, 1.165) is 5.56 Å². The Hall–Kier alpha value is -0.710. The third kappa shape index (κ3) is 0.711. The second-order valence-electron chi connectivity index (χ2n) is 7.92. The largest absolute Gasteiger partial charge is 0.346 e. The highest BCUT2D eigenvalue weighted by atomic mass is 79.9. The van der Waals surface area contributed by atoms with Gasteiger partial charge in [-0.25, -0.2) is 0 Å². The molecule has 1 saturated heterocycles. The van der Waals surface area contributed by atoms with E-state index in [-0.39, 0.29) is 9.74 Å². The summed E-state index contributed by atoms with van der Waals surface area (Å²) in [5.41, 5.74) is 0.835. The fraction of sp³-hybridized carbons (Fsp3) is 0.611. The zero-order valence-corrected chi connectivity index (χ0v) is 13.5. The van der Waals surface area contributed by atoms with E-state index in [2.05, 4.69) is 15.9 Å². The Morgan fingerprint density at radius 1 is 0.955 bits per heavy atom. The van der Waals surface area contributed by atoms with Crippen LogP contribution in [-0.4, -0.2) is 29.1 Å². The van der Waals surface area contributed by atoms with Gasteiger partial charge in [-0.1, -0.05) is 46.3 Å². The summed E-state index contributed by atoms with van der Waals surface area (Å²) in [5, 5.41) is 0. The lowest BCUT2D eigenvalue weighted by Crippen LogP contribution is -2.93. The molecule has 7 aliphatic rings. The number of Topliss-reactive ketones (excluding diaryl/α,β-unsaturated/α-hetero) is 1. The van der Waals surface area contributed by atoms with Crippen molar-refractivity contribution in [2.75, 3.05) is 13.2 Å². The van der Waals surface area contributed by atoms with Crippen LogP contribution in [0.15, 0.2) is 30.3 Å². The molecule has 1 spiro atoms. The van der Waals surface area contributed by atoms with Gasteiger partial charge in [0.1, 0.15) is 0 Å². The Bertz CT molecular complexity index is 733. The van der Waals surface area contributed by atoms with Gasteiger partial charge >= 0.3 is 0 Å². The lowest BCUT2D eigenvalue weighted by molar-refractivity contribution is -0.409. The second-order valence-corrected chi connectivity index (χ2v) is 9.23. The number of carbonyl (C=O) groups is 1. The maximum absolute atomic E-state index is 13.2. The molecule has 1 aromatic carbocycles. The maximum Gasteiger partial charge on any atom is 0.187 e. The molecule has 8 rings (SSSR count). The number of alkyl halides is 1. The van der Waals surface area contributed by atoms with Crippen LogP contribution in [0.3, 0.4) is 0 Å². The minimum atomic E-state index is -0.412. The van der Waals surface area contributed by atoms with Gasteiger partial charge in [-0.05, 0) is 29.6 Å². The third-order valence-corrected chi connectivity index (χ3v) is 9.67. The topological polar surface area (TPSA) is 35.5 Å². The molecule has 22 heavy (non-hydrogen) atoms. The van der Waals surface area contributed by atoms with Crippen LogP contribution in [0.4, 0.5) is 0 Å². The normalized spacial score (nSPS) is 59.3. The van der Waals surface area contributed by atoms with Gasteiger partial charge in [0, 0.05) is 16.9 Å². The van der Waals surface area contributed by atoms with Crippen LogP contribution in [0.1, 0.15) is 10.4 Å². The van der Waals surface area contributed by atoms with Crippen LogP contribution in [0, 0.1) is 40.9 Å². The summed E-state index contributed by atoms with van der Waals surface area (Å²) in [7, 11) is 0. The number of carbonyl (C=O) groups excluding carboxylic acids is 1. The highest BCUT2D eigenvalue weighted by molar-refractivity contribution is 9.10. The average molecular weight is 359 g/mol. The molecule has 1 heterocycles. The molecule has 1 aromatic rings. The Labute approximate surface area is 136 Å². The fourth-order valence-electron chi connectivity index (χ4n) is 7.91. The van der Waals surface area contributed by atoms with Gasteiger partial charge in [-0.15, -0.1) is 0 Å². The van der Waals surface area contributed by atoms with Crippen LogP contribution in [0.2, 0.25) is 0 Å². The van der Waals surface area contributed by atoms with Crippen molar-refractivity contribution in [2.45, 2.75) is 10.1 Å². The van der Waals surface area contributed by atoms with Gasteiger partial charge < -0.3 is 9.47 Å². The highest BCUT2D eigenvalue weighted by Gasteiger charge is 3.10. The Morgan fingerprint density at radius 3 is 2.18 bits per heavy atom. The third-order valence-electron chi connectivity index (χ3n) is 8.06. The molecular weight excluding hydrogens is 344 g/mol. The molecule has 6 aliphatic carbocycles. The zero-order valence-electron chi connectivity index (χ0n) is 11.9. The van der Waals surface area contributed by atoms with Gasteiger partial charge in [0.15, 0.2) is 11.6 Å². The monoisotopic (exact) mass is 358 g/mol. The first kappa shape index (κ1) is 11.8. The summed E-state index contributed by atoms with van der Waals surface area (Å²) in [6, 6.07) is 9.87. The second kappa shape index (κ2) is 2.99. The lowest BCUT2D eigenvalue weighted by Gasteiger charge is -2.90. The molecule has 6 saturated carbocycles. The van der Waals surface area contributed by atoms with Crippen molar-refractivity contribution in [3.63, 3.8) is 0 Å². The first-order valence-corrected chi connectivity index (χ1v) is 9.06. The van der Waals surface area contributed by atoms with Crippen molar-refractivity contribution in [3.05, 3.63) is 35.9 Å². The van der Waals surface area contributed by atoms with Gasteiger partial charge in [0.25, 0.3) is 0 Å².